The summed E-state index contributed by atoms with van der Waals surface area (Å²) in [6.07, 6.45) is 3.34. The van der Waals surface area contributed by atoms with Crippen LogP contribution < -0.4 is 10.6 Å². The van der Waals surface area contributed by atoms with Crippen molar-refractivity contribution >= 4 is 33.3 Å². The Morgan fingerprint density at radius 1 is 1.19 bits per heavy atom. The molecule has 6 nitrogen and oxygen atoms in total. The fraction of sp³-hybridized carbons (Fsp3) is 0.0769. The van der Waals surface area contributed by atoms with Gasteiger partial charge in [0.1, 0.15) is 4.90 Å². The first-order valence-electron chi connectivity index (χ1n) is 6.09. The Morgan fingerprint density at radius 3 is 2.71 bits per heavy atom. The van der Waals surface area contributed by atoms with Gasteiger partial charge in [0.25, 0.3) is 10.0 Å². The Morgan fingerprint density at radius 2 is 1.95 bits per heavy atom. The molecule has 8 heteroatoms. The normalized spacial score (nSPS) is 15.6. The number of hydrogen-bond acceptors (Lipinski definition) is 5. The summed E-state index contributed by atoms with van der Waals surface area (Å²) in [4.78, 5) is 3.99. The molecule has 2 N–H and O–H groups in total. The summed E-state index contributed by atoms with van der Waals surface area (Å²) in [6, 6.07) is 8.27. The van der Waals surface area contributed by atoms with Crippen LogP contribution in [0.25, 0.3) is 0 Å². The van der Waals surface area contributed by atoms with Crippen LogP contribution in [0.2, 0.25) is 5.02 Å². The lowest BCUT2D eigenvalue weighted by molar-refractivity contribution is 0.597. The first-order chi connectivity index (χ1) is 10.0. The van der Waals surface area contributed by atoms with E-state index in [0.717, 1.165) is 5.56 Å². The average molecular weight is 323 g/mol. The topological polar surface area (TPSA) is 83.5 Å². The Hall–Kier alpha value is -2.12. The average Bonchev–Trinajstić information content (AvgIpc) is 2.47. The molecule has 0 spiro atoms. The molecule has 0 saturated heterocycles. The minimum absolute atomic E-state index is 0.0736. The lowest BCUT2D eigenvalue weighted by Gasteiger charge is -2.19. The first kappa shape index (κ1) is 13.8. The smallest absolute Gasteiger partial charge is 0.287 e. The van der Waals surface area contributed by atoms with Crippen LogP contribution in [-0.4, -0.2) is 19.4 Å². The summed E-state index contributed by atoms with van der Waals surface area (Å²) in [7, 11) is -3.75. The van der Waals surface area contributed by atoms with Gasteiger partial charge in [-0.3, -0.25) is 4.98 Å². The van der Waals surface area contributed by atoms with Crippen LogP contribution in [0.1, 0.15) is 5.56 Å². The molecule has 1 aromatic heterocycles. The van der Waals surface area contributed by atoms with E-state index in [-0.39, 0.29) is 10.9 Å². The summed E-state index contributed by atoms with van der Waals surface area (Å²) in [5.74, 6) is 0.182. The number of sulfonamides is 1. The largest absolute Gasteiger partial charge is 0.351 e. The van der Waals surface area contributed by atoms with Gasteiger partial charge in [0.2, 0.25) is 5.96 Å². The van der Waals surface area contributed by atoms with Gasteiger partial charge in [0.15, 0.2) is 0 Å². The highest BCUT2D eigenvalue weighted by Crippen LogP contribution is 2.29. The van der Waals surface area contributed by atoms with Gasteiger partial charge in [-0.25, -0.2) is 0 Å². The van der Waals surface area contributed by atoms with Gasteiger partial charge in [-0.2, -0.15) is 8.42 Å². The van der Waals surface area contributed by atoms with Crippen LogP contribution in [0.4, 0.5) is 5.69 Å². The summed E-state index contributed by atoms with van der Waals surface area (Å²) in [5.41, 5.74) is 1.42. The van der Waals surface area contributed by atoms with Crippen molar-refractivity contribution in [2.24, 2.45) is 4.40 Å². The lowest BCUT2D eigenvalue weighted by atomic mass is 10.3. The molecule has 2 heterocycles. The highest BCUT2D eigenvalue weighted by Gasteiger charge is 2.24. The number of guanidine groups is 1. The molecule has 0 aliphatic carbocycles. The summed E-state index contributed by atoms with van der Waals surface area (Å²) < 4.78 is 27.9. The van der Waals surface area contributed by atoms with Crippen molar-refractivity contribution in [1.29, 1.82) is 0 Å². The number of benzene rings is 1. The quantitative estimate of drug-likeness (QED) is 0.883. The SMILES string of the molecule is O=S1(=O)N=C(NCc2ccncc2)Nc2ccc(Cl)cc21. The predicted molar refractivity (Wildman–Crippen MR) is 80.8 cm³/mol. The van der Waals surface area contributed by atoms with Gasteiger partial charge in [-0.05, 0) is 35.9 Å². The monoisotopic (exact) mass is 322 g/mol. The molecule has 1 aromatic carbocycles. The van der Waals surface area contributed by atoms with Crippen LogP contribution in [0.3, 0.4) is 0 Å². The van der Waals surface area contributed by atoms with E-state index in [1.807, 2.05) is 12.1 Å². The van der Waals surface area contributed by atoms with Crippen molar-refractivity contribution < 1.29 is 8.42 Å². The van der Waals surface area contributed by atoms with Gasteiger partial charge in [-0.15, -0.1) is 4.40 Å². The number of pyridine rings is 1. The van der Waals surface area contributed by atoms with E-state index in [1.54, 1.807) is 24.5 Å². The van der Waals surface area contributed by atoms with E-state index < -0.39 is 10.0 Å². The molecule has 0 unspecified atom stereocenters. The number of aromatic nitrogens is 1. The van der Waals surface area contributed by atoms with E-state index >= 15 is 0 Å². The molecule has 2 aromatic rings. The third-order valence-corrected chi connectivity index (χ3v) is 4.45. The number of fused-ring (bicyclic) bond motifs is 1. The Balaban J connectivity index is 1.83. The molecule has 0 atom stereocenters. The van der Waals surface area contributed by atoms with Crippen LogP contribution in [0.5, 0.6) is 0 Å². The van der Waals surface area contributed by atoms with Crippen LogP contribution in [-0.2, 0) is 16.6 Å². The number of halogens is 1. The molecule has 0 fully saturated rings. The zero-order valence-corrected chi connectivity index (χ0v) is 12.3. The van der Waals surface area contributed by atoms with Crippen LogP contribution >= 0.6 is 11.6 Å². The number of nitrogens with one attached hydrogen (secondary N) is 2. The highest BCUT2D eigenvalue weighted by molar-refractivity contribution is 7.90. The Bertz CT molecular complexity index is 806. The molecule has 0 bridgehead atoms. The molecular weight excluding hydrogens is 312 g/mol. The zero-order valence-electron chi connectivity index (χ0n) is 10.7. The molecule has 108 valence electrons. The lowest BCUT2D eigenvalue weighted by Crippen LogP contribution is -2.34. The third kappa shape index (κ3) is 2.98. The molecule has 1 aliphatic rings. The van der Waals surface area contributed by atoms with E-state index in [2.05, 4.69) is 20.0 Å². The van der Waals surface area contributed by atoms with Crippen molar-refractivity contribution in [2.45, 2.75) is 11.4 Å². The van der Waals surface area contributed by atoms with E-state index in [1.165, 1.54) is 6.07 Å². The summed E-state index contributed by atoms with van der Waals surface area (Å²) >= 11 is 5.82. The maximum absolute atomic E-state index is 12.1. The third-order valence-electron chi connectivity index (χ3n) is 2.90. The second-order valence-electron chi connectivity index (χ2n) is 4.39. The predicted octanol–water partition coefficient (Wildman–Crippen LogP) is 1.99. The molecule has 3 rings (SSSR count). The van der Waals surface area contributed by atoms with Crippen molar-refractivity contribution in [3.63, 3.8) is 0 Å². The van der Waals surface area contributed by atoms with Crippen molar-refractivity contribution in [3.05, 3.63) is 53.3 Å². The number of rotatable bonds is 2. The maximum atomic E-state index is 12.1. The second kappa shape index (κ2) is 5.34. The molecule has 0 amide bonds. The maximum Gasteiger partial charge on any atom is 0.287 e. The minimum atomic E-state index is -3.75. The summed E-state index contributed by atoms with van der Waals surface area (Å²) in [5, 5.41) is 6.23. The zero-order chi connectivity index (χ0) is 14.9. The molecule has 0 saturated carbocycles. The van der Waals surface area contributed by atoms with Gasteiger partial charge in [0.05, 0.1) is 5.69 Å². The number of nitrogens with zero attached hydrogens (tertiary/aromatic N) is 2. The Kier molecular flexibility index (Phi) is 3.52. The fourth-order valence-electron chi connectivity index (χ4n) is 1.90. The van der Waals surface area contributed by atoms with E-state index in [0.29, 0.717) is 17.3 Å². The molecular formula is C13H11ClN4O2S. The molecule has 1 aliphatic heterocycles. The van der Waals surface area contributed by atoms with Crippen LogP contribution in [0.15, 0.2) is 52.0 Å². The van der Waals surface area contributed by atoms with Crippen molar-refractivity contribution in [2.75, 3.05) is 5.32 Å². The fourth-order valence-corrected chi connectivity index (χ4v) is 3.25. The molecule has 21 heavy (non-hydrogen) atoms. The van der Waals surface area contributed by atoms with Gasteiger partial charge >= 0.3 is 0 Å². The van der Waals surface area contributed by atoms with Crippen molar-refractivity contribution in [1.82, 2.24) is 10.3 Å². The molecule has 0 radical (unpaired) electrons. The van der Waals surface area contributed by atoms with Gasteiger partial charge in [-0.1, -0.05) is 11.6 Å². The van der Waals surface area contributed by atoms with Crippen molar-refractivity contribution in [3.8, 4) is 0 Å². The second-order valence-corrected chi connectivity index (χ2v) is 6.40. The Labute approximate surface area is 126 Å². The highest BCUT2D eigenvalue weighted by atomic mass is 35.5. The van der Waals surface area contributed by atoms with Crippen LogP contribution in [0, 0.1) is 0 Å². The summed E-state index contributed by atoms with van der Waals surface area (Å²) in [6.45, 7) is 0.437. The van der Waals surface area contributed by atoms with E-state index in [4.69, 9.17) is 11.6 Å². The van der Waals surface area contributed by atoms with Gasteiger partial charge in [0, 0.05) is 24.0 Å². The number of anilines is 1. The number of hydrogen-bond donors (Lipinski definition) is 2. The first-order valence-corrected chi connectivity index (χ1v) is 7.91. The standard InChI is InChI=1S/C13H11ClN4O2S/c14-10-1-2-11-12(7-10)21(19,20)18-13(17-11)16-8-9-3-5-15-6-4-9/h1-7H,8H2,(H2,16,17,18). The van der Waals surface area contributed by atoms with Gasteiger partial charge < -0.3 is 10.6 Å². The van der Waals surface area contributed by atoms with E-state index in [9.17, 15) is 8.42 Å². The minimum Gasteiger partial charge on any atom is -0.351 e.